The van der Waals surface area contributed by atoms with E-state index < -0.39 is 15.9 Å². The third-order valence-corrected chi connectivity index (χ3v) is 4.37. The minimum atomic E-state index is -3.60. The Kier molecular flexibility index (Phi) is 5.63. The molecule has 0 saturated carbocycles. The van der Waals surface area contributed by atoms with Crippen molar-refractivity contribution in [3.8, 4) is 6.07 Å². The number of sulfonamides is 1. The number of aromatic nitrogens is 1. The van der Waals surface area contributed by atoms with Gasteiger partial charge in [0.15, 0.2) is 0 Å². The van der Waals surface area contributed by atoms with Crippen LogP contribution in [0.25, 0.3) is 0 Å². The predicted molar refractivity (Wildman–Crippen MR) is 89.3 cm³/mol. The van der Waals surface area contributed by atoms with E-state index in [0.29, 0.717) is 16.9 Å². The molecule has 0 radical (unpaired) electrons. The second-order valence-electron chi connectivity index (χ2n) is 5.06. The van der Waals surface area contributed by atoms with Gasteiger partial charge in [-0.3, -0.25) is 9.78 Å². The van der Waals surface area contributed by atoms with Crippen molar-refractivity contribution in [1.82, 2.24) is 9.29 Å². The van der Waals surface area contributed by atoms with E-state index in [1.807, 2.05) is 6.07 Å². The summed E-state index contributed by atoms with van der Waals surface area (Å²) < 4.78 is 24.9. The number of anilines is 1. The number of nitriles is 1. The second-order valence-corrected chi connectivity index (χ2v) is 7.04. The van der Waals surface area contributed by atoms with E-state index in [1.54, 1.807) is 48.7 Å². The number of amides is 1. The Morgan fingerprint density at radius 3 is 2.58 bits per heavy atom. The van der Waals surface area contributed by atoms with Crippen LogP contribution < -0.4 is 5.32 Å². The lowest BCUT2D eigenvalue weighted by atomic mass is 10.2. The smallest absolute Gasteiger partial charge is 0.239 e. The van der Waals surface area contributed by atoms with E-state index in [1.165, 1.54) is 0 Å². The van der Waals surface area contributed by atoms with Crippen LogP contribution in [0.3, 0.4) is 0 Å². The van der Waals surface area contributed by atoms with Crippen molar-refractivity contribution in [3.05, 3.63) is 59.9 Å². The molecule has 0 unspecified atom stereocenters. The van der Waals surface area contributed by atoms with Crippen molar-refractivity contribution in [2.24, 2.45) is 0 Å². The molecule has 2 rings (SSSR count). The van der Waals surface area contributed by atoms with Crippen molar-refractivity contribution in [1.29, 1.82) is 5.26 Å². The van der Waals surface area contributed by atoms with Crippen molar-refractivity contribution in [3.63, 3.8) is 0 Å². The van der Waals surface area contributed by atoms with Gasteiger partial charge in [-0.25, -0.2) is 8.42 Å². The first-order chi connectivity index (χ1) is 11.4. The molecule has 1 aromatic carbocycles. The lowest BCUT2D eigenvalue weighted by Crippen LogP contribution is -2.37. The number of hydrogen-bond donors (Lipinski definition) is 1. The highest BCUT2D eigenvalue weighted by Gasteiger charge is 2.21. The molecule has 0 aliphatic rings. The van der Waals surface area contributed by atoms with Gasteiger partial charge < -0.3 is 5.32 Å². The van der Waals surface area contributed by atoms with E-state index in [2.05, 4.69) is 10.3 Å². The molecule has 0 aliphatic heterocycles. The molecular formula is C16H16N4O3S. The quantitative estimate of drug-likeness (QED) is 0.852. The van der Waals surface area contributed by atoms with Crippen LogP contribution in [0, 0.1) is 11.3 Å². The van der Waals surface area contributed by atoms with Gasteiger partial charge >= 0.3 is 0 Å². The Bertz CT molecular complexity index is 860. The van der Waals surface area contributed by atoms with E-state index >= 15 is 0 Å². The zero-order valence-electron chi connectivity index (χ0n) is 13.0. The van der Waals surface area contributed by atoms with E-state index in [9.17, 15) is 13.2 Å². The molecule has 0 bridgehead atoms. The Hall–Kier alpha value is -2.76. The van der Waals surface area contributed by atoms with Crippen LogP contribution in [0.1, 0.15) is 11.3 Å². The number of rotatable bonds is 6. The van der Waals surface area contributed by atoms with Gasteiger partial charge in [-0.05, 0) is 24.3 Å². The van der Waals surface area contributed by atoms with E-state index in [-0.39, 0.29) is 13.1 Å². The molecule has 0 spiro atoms. The van der Waals surface area contributed by atoms with Gasteiger partial charge in [0.05, 0.1) is 36.3 Å². The van der Waals surface area contributed by atoms with Crippen molar-refractivity contribution in [2.45, 2.75) is 6.54 Å². The summed E-state index contributed by atoms with van der Waals surface area (Å²) in [6.45, 7) is -0.373. The van der Waals surface area contributed by atoms with Gasteiger partial charge in [0.2, 0.25) is 15.9 Å². The number of para-hydroxylation sites is 1. The zero-order valence-corrected chi connectivity index (χ0v) is 13.8. The maximum atomic E-state index is 12.2. The van der Waals surface area contributed by atoms with Crippen molar-refractivity contribution < 1.29 is 13.2 Å². The number of nitrogens with one attached hydrogen (secondary N) is 1. The highest BCUT2D eigenvalue weighted by atomic mass is 32.2. The number of carbonyl (C=O) groups is 1. The van der Waals surface area contributed by atoms with Crippen LogP contribution in [0.5, 0.6) is 0 Å². The minimum absolute atomic E-state index is 0.00695. The SMILES string of the molecule is CS(=O)(=O)N(CC(=O)Nc1ccccc1C#N)Cc1ccccn1. The summed E-state index contributed by atoms with van der Waals surface area (Å²) in [6.07, 6.45) is 2.59. The topological polar surface area (TPSA) is 103 Å². The maximum Gasteiger partial charge on any atom is 0.239 e. The van der Waals surface area contributed by atoms with Crippen LogP contribution >= 0.6 is 0 Å². The molecular weight excluding hydrogens is 328 g/mol. The summed E-state index contributed by atoms with van der Waals surface area (Å²) in [6, 6.07) is 13.6. The number of carbonyl (C=O) groups excluding carboxylic acids is 1. The summed E-state index contributed by atoms with van der Waals surface area (Å²) in [5, 5.41) is 11.6. The fourth-order valence-electron chi connectivity index (χ4n) is 2.00. The maximum absolute atomic E-state index is 12.2. The third kappa shape index (κ3) is 4.87. The van der Waals surface area contributed by atoms with Gasteiger partial charge in [0, 0.05) is 6.20 Å². The average molecular weight is 344 g/mol. The van der Waals surface area contributed by atoms with Gasteiger partial charge in [-0.2, -0.15) is 9.57 Å². The number of hydrogen-bond acceptors (Lipinski definition) is 5. The van der Waals surface area contributed by atoms with E-state index in [0.717, 1.165) is 10.6 Å². The molecule has 0 saturated heterocycles. The summed E-state index contributed by atoms with van der Waals surface area (Å²) in [7, 11) is -3.60. The number of nitrogens with zero attached hydrogens (tertiary/aromatic N) is 3. The fraction of sp³-hybridized carbons (Fsp3) is 0.188. The lowest BCUT2D eigenvalue weighted by Gasteiger charge is -2.19. The molecule has 0 fully saturated rings. The van der Waals surface area contributed by atoms with Gasteiger partial charge in [0.1, 0.15) is 6.07 Å². The first-order valence-corrected chi connectivity index (χ1v) is 8.89. The largest absolute Gasteiger partial charge is 0.324 e. The molecule has 1 aromatic heterocycles. The fourth-order valence-corrected chi connectivity index (χ4v) is 2.72. The van der Waals surface area contributed by atoms with Gasteiger partial charge in [0.25, 0.3) is 0 Å². The van der Waals surface area contributed by atoms with Gasteiger partial charge in [-0.1, -0.05) is 18.2 Å². The molecule has 1 heterocycles. The van der Waals surface area contributed by atoms with E-state index in [4.69, 9.17) is 5.26 Å². The highest BCUT2D eigenvalue weighted by molar-refractivity contribution is 7.88. The molecule has 1 N–H and O–H groups in total. The van der Waals surface area contributed by atoms with Crippen LogP contribution in [-0.4, -0.2) is 36.4 Å². The highest BCUT2D eigenvalue weighted by Crippen LogP contribution is 2.14. The Morgan fingerprint density at radius 2 is 1.96 bits per heavy atom. The second kappa shape index (κ2) is 7.68. The first-order valence-electron chi connectivity index (χ1n) is 7.04. The molecule has 7 nitrogen and oxygen atoms in total. The summed E-state index contributed by atoms with van der Waals surface area (Å²) in [5.74, 6) is -0.529. The summed E-state index contributed by atoms with van der Waals surface area (Å²) in [5.41, 5.74) is 1.19. The molecule has 8 heteroatoms. The number of pyridine rings is 1. The number of benzene rings is 1. The lowest BCUT2D eigenvalue weighted by molar-refractivity contribution is -0.116. The van der Waals surface area contributed by atoms with Crippen LogP contribution in [0.15, 0.2) is 48.7 Å². The molecule has 0 atom stereocenters. The zero-order chi connectivity index (χ0) is 17.6. The summed E-state index contributed by atoms with van der Waals surface area (Å²) >= 11 is 0. The van der Waals surface area contributed by atoms with Crippen LogP contribution in [0.4, 0.5) is 5.69 Å². The van der Waals surface area contributed by atoms with Crippen LogP contribution in [0.2, 0.25) is 0 Å². The Morgan fingerprint density at radius 1 is 1.25 bits per heavy atom. The Balaban J connectivity index is 2.12. The first kappa shape index (κ1) is 17.6. The van der Waals surface area contributed by atoms with Gasteiger partial charge in [-0.15, -0.1) is 0 Å². The molecule has 1 amide bonds. The summed E-state index contributed by atoms with van der Waals surface area (Å²) in [4.78, 5) is 16.3. The molecule has 0 aliphatic carbocycles. The Labute approximate surface area is 140 Å². The van der Waals surface area contributed by atoms with Crippen LogP contribution in [-0.2, 0) is 21.4 Å². The predicted octanol–water partition coefficient (Wildman–Crippen LogP) is 1.35. The van der Waals surface area contributed by atoms with Crippen molar-refractivity contribution >= 4 is 21.6 Å². The standard InChI is InChI=1S/C16H16N4O3S/c1-24(22,23)20(11-14-7-4-5-9-18-14)12-16(21)19-15-8-3-2-6-13(15)10-17/h2-9H,11-12H2,1H3,(H,19,21). The molecule has 2 aromatic rings. The minimum Gasteiger partial charge on any atom is -0.324 e. The monoisotopic (exact) mass is 344 g/mol. The average Bonchev–Trinajstić information content (AvgIpc) is 2.55. The molecule has 124 valence electrons. The third-order valence-electron chi connectivity index (χ3n) is 3.18. The normalized spacial score (nSPS) is 11.0. The van der Waals surface area contributed by atoms with Crippen molar-refractivity contribution in [2.75, 3.05) is 18.1 Å². The molecule has 24 heavy (non-hydrogen) atoms.